The maximum Gasteiger partial charge on any atom is 0.167 e. The van der Waals surface area contributed by atoms with Gasteiger partial charge in [-0.1, -0.05) is 12.1 Å². The summed E-state index contributed by atoms with van der Waals surface area (Å²) in [6, 6.07) is 1.84. The van der Waals surface area contributed by atoms with Gasteiger partial charge in [0, 0.05) is 12.5 Å². The Hall–Kier alpha value is -1.03. The van der Waals surface area contributed by atoms with Gasteiger partial charge in [-0.25, -0.2) is 0 Å². The van der Waals surface area contributed by atoms with E-state index in [1.807, 2.05) is 6.07 Å². The third-order valence-corrected chi connectivity index (χ3v) is 3.22. The first-order chi connectivity index (χ1) is 7.28. The molecule has 1 saturated heterocycles. The van der Waals surface area contributed by atoms with Crippen molar-refractivity contribution in [1.82, 2.24) is 10.1 Å². The highest BCUT2D eigenvalue weighted by atomic mass is 16.5. The number of likely N-dealkylation sites (tertiary alicyclic amines) is 1. The average Bonchev–Trinajstić information content (AvgIpc) is 2.65. The van der Waals surface area contributed by atoms with E-state index in [1.165, 1.54) is 32.5 Å². The second kappa shape index (κ2) is 4.66. The molecule has 15 heavy (non-hydrogen) atoms. The molecule has 0 aliphatic carbocycles. The number of aromatic nitrogens is 1. The first-order valence-electron chi connectivity index (χ1n) is 5.71. The molecule has 4 nitrogen and oxygen atoms in total. The first kappa shape index (κ1) is 10.5. The van der Waals surface area contributed by atoms with Crippen LogP contribution in [-0.4, -0.2) is 29.7 Å². The molecule has 1 aromatic heterocycles. The highest BCUT2D eigenvalue weighted by Crippen LogP contribution is 2.22. The van der Waals surface area contributed by atoms with E-state index >= 15 is 0 Å². The van der Waals surface area contributed by atoms with Crippen LogP contribution in [0.25, 0.3) is 0 Å². The summed E-state index contributed by atoms with van der Waals surface area (Å²) < 4.78 is 5.13. The van der Waals surface area contributed by atoms with Gasteiger partial charge in [0.25, 0.3) is 0 Å². The van der Waals surface area contributed by atoms with E-state index in [-0.39, 0.29) is 0 Å². The summed E-state index contributed by atoms with van der Waals surface area (Å²) >= 11 is 0. The van der Waals surface area contributed by atoms with Gasteiger partial charge in [-0.3, -0.25) is 0 Å². The minimum absolute atomic E-state index is 0.496. The van der Waals surface area contributed by atoms with Crippen LogP contribution in [0.5, 0.6) is 0 Å². The highest BCUT2D eigenvalue weighted by Gasteiger charge is 2.19. The SMILES string of the molecule is CCN1CCC(Cc2cc(N)no2)CC1. The number of anilines is 1. The van der Waals surface area contributed by atoms with Gasteiger partial charge in [0.1, 0.15) is 5.76 Å². The lowest BCUT2D eigenvalue weighted by Gasteiger charge is -2.30. The summed E-state index contributed by atoms with van der Waals surface area (Å²) in [7, 11) is 0. The Balaban J connectivity index is 1.82. The molecule has 1 fully saturated rings. The quantitative estimate of drug-likeness (QED) is 0.820. The van der Waals surface area contributed by atoms with Gasteiger partial charge >= 0.3 is 0 Å². The predicted molar refractivity (Wildman–Crippen MR) is 59.5 cm³/mol. The van der Waals surface area contributed by atoms with Gasteiger partial charge < -0.3 is 15.2 Å². The Kier molecular flexibility index (Phi) is 3.26. The van der Waals surface area contributed by atoms with Crippen molar-refractivity contribution in [2.45, 2.75) is 26.2 Å². The molecule has 2 rings (SSSR count). The number of hydrogen-bond donors (Lipinski definition) is 1. The summed E-state index contributed by atoms with van der Waals surface area (Å²) in [5, 5.41) is 3.71. The zero-order valence-electron chi connectivity index (χ0n) is 9.28. The van der Waals surface area contributed by atoms with Crippen LogP contribution in [0.3, 0.4) is 0 Å². The van der Waals surface area contributed by atoms with Crippen LogP contribution >= 0.6 is 0 Å². The van der Waals surface area contributed by atoms with Crippen molar-refractivity contribution in [2.24, 2.45) is 5.92 Å². The lowest BCUT2D eigenvalue weighted by molar-refractivity contribution is 0.186. The van der Waals surface area contributed by atoms with Gasteiger partial charge in [0.15, 0.2) is 5.82 Å². The van der Waals surface area contributed by atoms with E-state index in [2.05, 4.69) is 17.0 Å². The second-order valence-electron chi connectivity index (χ2n) is 4.30. The molecule has 0 bridgehead atoms. The molecule has 1 aromatic rings. The fraction of sp³-hybridized carbons (Fsp3) is 0.727. The fourth-order valence-corrected chi connectivity index (χ4v) is 2.22. The van der Waals surface area contributed by atoms with Crippen LogP contribution in [0.4, 0.5) is 5.82 Å². The molecule has 84 valence electrons. The number of hydrogen-bond acceptors (Lipinski definition) is 4. The molecule has 0 unspecified atom stereocenters. The van der Waals surface area contributed by atoms with Crippen molar-refractivity contribution in [1.29, 1.82) is 0 Å². The minimum atomic E-state index is 0.496. The van der Waals surface area contributed by atoms with Crippen LogP contribution in [0.2, 0.25) is 0 Å². The van der Waals surface area contributed by atoms with Crippen molar-refractivity contribution in [3.8, 4) is 0 Å². The number of piperidine rings is 1. The van der Waals surface area contributed by atoms with E-state index < -0.39 is 0 Å². The van der Waals surface area contributed by atoms with Gasteiger partial charge in [-0.2, -0.15) is 0 Å². The smallest absolute Gasteiger partial charge is 0.167 e. The maximum atomic E-state index is 5.51. The van der Waals surface area contributed by atoms with Crippen LogP contribution in [-0.2, 0) is 6.42 Å². The van der Waals surface area contributed by atoms with Crippen molar-refractivity contribution in [2.75, 3.05) is 25.4 Å². The predicted octanol–water partition coefficient (Wildman–Crippen LogP) is 1.53. The molecule has 0 aromatic carbocycles. The van der Waals surface area contributed by atoms with E-state index in [9.17, 15) is 0 Å². The highest BCUT2D eigenvalue weighted by molar-refractivity contribution is 5.26. The molecular formula is C11H19N3O. The van der Waals surface area contributed by atoms with Gasteiger partial charge in [-0.05, 0) is 38.4 Å². The van der Waals surface area contributed by atoms with Crippen molar-refractivity contribution in [3.05, 3.63) is 11.8 Å². The Morgan fingerprint density at radius 2 is 2.27 bits per heavy atom. The summed E-state index contributed by atoms with van der Waals surface area (Å²) in [6.07, 6.45) is 3.50. The summed E-state index contributed by atoms with van der Waals surface area (Å²) in [5.74, 6) is 2.17. The first-order valence-corrected chi connectivity index (χ1v) is 5.71. The molecule has 1 aliphatic heterocycles. The van der Waals surface area contributed by atoms with E-state index in [0.29, 0.717) is 5.82 Å². The standard InChI is InChI=1S/C11H19N3O/c1-2-14-5-3-9(4-6-14)7-10-8-11(12)13-15-10/h8-9H,2-7H2,1H3,(H2,12,13). The fourth-order valence-electron chi connectivity index (χ4n) is 2.22. The van der Waals surface area contributed by atoms with E-state index in [4.69, 9.17) is 10.3 Å². The molecular weight excluding hydrogens is 190 g/mol. The van der Waals surface area contributed by atoms with Crippen molar-refractivity contribution < 1.29 is 4.52 Å². The number of nitrogens with two attached hydrogens (primary N) is 1. The molecule has 1 aliphatic rings. The molecule has 0 spiro atoms. The molecule has 0 amide bonds. The van der Waals surface area contributed by atoms with Crippen LogP contribution in [0.1, 0.15) is 25.5 Å². The molecule has 0 atom stereocenters. The third kappa shape index (κ3) is 2.72. The lowest BCUT2D eigenvalue weighted by Crippen LogP contribution is -2.33. The molecule has 0 radical (unpaired) electrons. The Morgan fingerprint density at radius 3 is 2.80 bits per heavy atom. The van der Waals surface area contributed by atoms with Gasteiger partial charge in [0.2, 0.25) is 0 Å². The third-order valence-electron chi connectivity index (χ3n) is 3.22. The summed E-state index contributed by atoms with van der Waals surface area (Å²) in [6.45, 7) is 5.81. The van der Waals surface area contributed by atoms with Gasteiger partial charge in [-0.15, -0.1) is 0 Å². The zero-order valence-corrected chi connectivity index (χ0v) is 9.28. The number of rotatable bonds is 3. The Labute approximate surface area is 90.4 Å². The normalized spacial score (nSPS) is 19.5. The zero-order chi connectivity index (χ0) is 10.7. The summed E-state index contributed by atoms with van der Waals surface area (Å²) in [5.41, 5.74) is 5.51. The Bertz CT molecular complexity index is 303. The number of nitrogen functional groups attached to an aromatic ring is 1. The van der Waals surface area contributed by atoms with Crippen LogP contribution in [0.15, 0.2) is 10.6 Å². The Morgan fingerprint density at radius 1 is 1.53 bits per heavy atom. The van der Waals surface area contributed by atoms with E-state index in [0.717, 1.165) is 18.1 Å². The molecule has 4 heteroatoms. The molecule has 2 N–H and O–H groups in total. The monoisotopic (exact) mass is 209 g/mol. The molecule has 0 saturated carbocycles. The lowest BCUT2D eigenvalue weighted by atomic mass is 9.92. The second-order valence-corrected chi connectivity index (χ2v) is 4.30. The average molecular weight is 209 g/mol. The topological polar surface area (TPSA) is 55.3 Å². The maximum absolute atomic E-state index is 5.51. The van der Waals surface area contributed by atoms with Gasteiger partial charge in [0.05, 0.1) is 0 Å². The van der Waals surface area contributed by atoms with E-state index in [1.54, 1.807) is 0 Å². The largest absolute Gasteiger partial charge is 0.381 e. The number of nitrogens with zero attached hydrogens (tertiary/aromatic N) is 2. The minimum Gasteiger partial charge on any atom is -0.381 e. The van der Waals surface area contributed by atoms with Crippen molar-refractivity contribution in [3.63, 3.8) is 0 Å². The molecule has 2 heterocycles. The summed E-state index contributed by atoms with van der Waals surface area (Å²) in [4.78, 5) is 2.49. The van der Waals surface area contributed by atoms with Crippen molar-refractivity contribution >= 4 is 5.82 Å². The van der Waals surface area contributed by atoms with Crippen LogP contribution in [0, 0.1) is 5.92 Å². The van der Waals surface area contributed by atoms with Crippen LogP contribution < -0.4 is 5.73 Å².